The van der Waals surface area contributed by atoms with Gasteiger partial charge in [0.15, 0.2) is 0 Å². The van der Waals surface area contributed by atoms with Gasteiger partial charge in [0.25, 0.3) is 0 Å². The lowest BCUT2D eigenvalue weighted by Gasteiger charge is -2.36. The smallest absolute Gasteiger partial charge is 0.317 e. The number of rotatable bonds is 3. The number of aryl methyl sites for hydroxylation is 1. The molecular weight excluding hydrogens is 310 g/mol. The fourth-order valence-corrected chi connectivity index (χ4v) is 3.57. The lowest BCUT2D eigenvalue weighted by atomic mass is 10.2. The van der Waals surface area contributed by atoms with E-state index in [0.717, 1.165) is 18.8 Å². The number of thiophene rings is 1. The zero-order valence-corrected chi connectivity index (χ0v) is 14.0. The van der Waals surface area contributed by atoms with E-state index in [4.69, 9.17) is 0 Å². The van der Waals surface area contributed by atoms with Crippen molar-refractivity contribution in [1.82, 2.24) is 10.2 Å². The number of para-hydroxylation sites is 2. The Bertz CT molecular complexity index is 678. The maximum Gasteiger partial charge on any atom is 0.317 e. The number of hydrogen-bond donors (Lipinski definition) is 2. The molecule has 1 aromatic heterocycles. The van der Waals surface area contributed by atoms with E-state index in [2.05, 4.69) is 29.3 Å². The Hall–Kier alpha value is -2.21. The van der Waals surface area contributed by atoms with Crippen LogP contribution >= 0.6 is 11.3 Å². The topological polar surface area (TPSA) is 55.8 Å². The van der Waals surface area contributed by atoms with Crippen LogP contribution in [0.3, 0.4) is 0 Å². The second kappa shape index (κ2) is 6.91. The Morgan fingerprint density at radius 1 is 1.17 bits per heavy atom. The molecule has 1 aromatic carbocycles. The first kappa shape index (κ1) is 15.7. The van der Waals surface area contributed by atoms with Crippen LogP contribution in [-0.2, 0) is 6.54 Å². The SMILES string of the molecule is Cc1ccc(CNC(=O)N2CCN(c3ccccc3O)CC2)s1. The van der Waals surface area contributed by atoms with Crippen LogP contribution in [0.4, 0.5) is 10.5 Å². The van der Waals surface area contributed by atoms with Crippen molar-refractivity contribution in [1.29, 1.82) is 0 Å². The number of hydrogen-bond acceptors (Lipinski definition) is 4. The minimum Gasteiger partial charge on any atom is -0.506 e. The van der Waals surface area contributed by atoms with Crippen LogP contribution in [0.1, 0.15) is 9.75 Å². The Labute approximate surface area is 140 Å². The number of aromatic hydroxyl groups is 1. The van der Waals surface area contributed by atoms with Crippen molar-refractivity contribution in [2.75, 3.05) is 31.1 Å². The number of amides is 2. The number of carbonyl (C=O) groups is 1. The average molecular weight is 331 g/mol. The molecule has 23 heavy (non-hydrogen) atoms. The molecule has 0 spiro atoms. The van der Waals surface area contributed by atoms with Gasteiger partial charge in [0.2, 0.25) is 0 Å². The van der Waals surface area contributed by atoms with Crippen LogP contribution in [0.15, 0.2) is 36.4 Å². The van der Waals surface area contributed by atoms with Gasteiger partial charge in [-0.15, -0.1) is 11.3 Å². The molecule has 2 N–H and O–H groups in total. The van der Waals surface area contributed by atoms with E-state index in [1.165, 1.54) is 9.75 Å². The normalized spacial score (nSPS) is 14.8. The van der Waals surface area contributed by atoms with Gasteiger partial charge < -0.3 is 20.2 Å². The molecule has 0 saturated carbocycles. The molecule has 0 aliphatic carbocycles. The molecule has 3 rings (SSSR count). The Balaban J connectivity index is 1.50. The van der Waals surface area contributed by atoms with Gasteiger partial charge in [0, 0.05) is 35.9 Å². The second-order valence-electron chi connectivity index (χ2n) is 5.63. The van der Waals surface area contributed by atoms with Gasteiger partial charge >= 0.3 is 6.03 Å². The fourth-order valence-electron chi connectivity index (χ4n) is 2.74. The van der Waals surface area contributed by atoms with Gasteiger partial charge in [0.05, 0.1) is 12.2 Å². The van der Waals surface area contributed by atoms with Crippen molar-refractivity contribution in [3.05, 3.63) is 46.2 Å². The summed E-state index contributed by atoms with van der Waals surface area (Å²) in [6.45, 7) is 5.41. The second-order valence-corrected chi connectivity index (χ2v) is 7.01. The van der Waals surface area contributed by atoms with Crippen LogP contribution in [0.25, 0.3) is 0 Å². The summed E-state index contributed by atoms with van der Waals surface area (Å²) in [5.41, 5.74) is 0.835. The van der Waals surface area contributed by atoms with Crippen LogP contribution in [0.2, 0.25) is 0 Å². The number of benzene rings is 1. The van der Waals surface area contributed by atoms with Crippen molar-refractivity contribution in [2.45, 2.75) is 13.5 Å². The fraction of sp³-hybridized carbons (Fsp3) is 0.353. The molecular formula is C17H21N3O2S. The lowest BCUT2D eigenvalue weighted by Crippen LogP contribution is -2.51. The molecule has 2 heterocycles. The number of piperazine rings is 1. The van der Waals surface area contributed by atoms with E-state index in [0.29, 0.717) is 25.4 Å². The minimum atomic E-state index is -0.0204. The molecule has 6 heteroatoms. The summed E-state index contributed by atoms with van der Waals surface area (Å²) < 4.78 is 0. The monoisotopic (exact) mass is 331 g/mol. The summed E-state index contributed by atoms with van der Waals surface area (Å²) in [5, 5.41) is 12.9. The van der Waals surface area contributed by atoms with Crippen LogP contribution in [0, 0.1) is 6.92 Å². The maximum absolute atomic E-state index is 12.2. The van der Waals surface area contributed by atoms with E-state index in [1.54, 1.807) is 17.4 Å². The number of phenols is 1. The molecule has 0 radical (unpaired) electrons. The molecule has 0 atom stereocenters. The molecule has 2 aromatic rings. The van der Waals surface area contributed by atoms with Gasteiger partial charge in [-0.3, -0.25) is 0 Å². The highest BCUT2D eigenvalue weighted by Crippen LogP contribution is 2.27. The standard InChI is InChI=1S/C17H21N3O2S/c1-13-6-7-14(23-13)12-18-17(22)20-10-8-19(9-11-20)15-4-2-3-5-16(15)21/h2-7,21H,8-12H2,1H3,(H,18,22). The lowest BCUT2D eigenvalue weighted by molar-refractivity contribution is 0.194. The maximum atomic E-state index is 12.2. The number of carbonyl (C=O) groups excluding carboxylic acids is 1. The van der Waals surface area contributed by atoms with Crippen molar-refractivity contribution in [2.24, 2.45) is 0 Å². The summed E-state index contributed by atoms with van der Waals surface area (Å²) in [5.74, 6) is 0.290. The zero-order valence-electron chi connectivity index (χ0n) is 13.2. The van der Waals surface area contributed by atoms with E-state index < -0.39 is 0 Å². The Morgan fingerprint density at radius 2 is 1.91 bits per heavy atom. The average Bonchev–Trinajstić information content (AvgIpc) is 2.99. The molecule has 5 nitrogen and oxygen atoms in total. The molecule has 1 fully saturated rings. The van der Waals surface area contributed by atoms with E-state index in [9.17, 15) is 9.90 Å². The highest BCUT2D eigenvalue weighted by atomic mass is 32.1. The van der Waals surface area contributed by atoms with Crippen LogP contribution in [-0.4, -0.2) is 42.2 Å². The Morgan fingerprint density at radius 3 is 2.57 bits per heavy atom. The van der Waals surface area contributed by atoms with Crippen molar-refractivity contribution in [3.63, 3.8) is 0 Å². The third-order valence-electron chi connectivity index (χ3n) is 4.00. The van der Waals surface area contributed by atoms with E-state index in [-0.39, 0.29) is 6.03 Å². The predicted molar refractivity (Wildman–Crippen MR) is 93.2 cm³/mol. The minimum absolute atomic E-state index is 0.0204. The van der Waals surface area contributed by atoms with E-state index >= 15 is 0 Å². The predicted octanol–water partition coefficient (Wildman–Crippen LogP) is 2.79. The largest absolute Gasteiger partial charge is 0.506 e. The first-order chi connectivity index (χ1) is 11.1. The molecule has 1 aliphatic rings. The molecule has 1 aliphatic heterocycles. The number of urea groups is 1. The van der Waals surface area contributed by atoms with Crippen molar-refractivity contribution in [3.8, 4) is 5.75 Å². The first-order valence-corrected chi connectivity index (χ1v) is 8.56. The van der Waals surface area contributed by atoms with Crippen LogP contribution in [0.5, 0.6) is 5.75 Å². The molecule has 2 amide bonds. The number of anilines is 1. The highest BCUT2D eigenvalue weighted by Gasteiger charge is 2.22. The van der Waals surface area contributed by atoms with Crippen molar-refractivity contribution >= 4 is 23.1 Å². The van der Waals surface area contributed by atoms with Gasteiger partial charge in [-0.1, -0.05) is 12.1 Å². The number of phenolic OH excluding ortho intramolecular Hbond substituents is 1. The third-order valence-corrected chi connectivity index (χ3v) is 5.00. The molecule has 0 unspecified atom stereocenters. The summed E-state index contributed by atoms with van der Waals surface area (Å²) in [6, 6.07) is 11.4. The summed E-state index contributed by atoms with van der Waals surface area (Å²) >= 11 is 1.71. The first-order valence-electron chi connectivity index (χ1n) is 7.74. The highest BCUT2D eigenvalue weighted by molar-refractivity contribution is 7.11. The van der Waals surface area contributed by atoms with Gasteiger partial charge in [-0.05, 0) is 31.2 Å². The summed E-state index contributed by atoms with van der Waals surface area (Å²) in [6.07, 6.45) is 0. The van der Waals surface area contributed by atoms with Crippen LogP contribution < -0.4 is 10.2 Å². The summed E-state index contributed by atoms with van der Waals surface area (Å²) in [7, 11) is 0. The molecule has 122 valence electrons. The number of nitrogens with zero attached hydrogens (tertiary/aromatic N) is 2. The molecule has 0 bridgehead atoms. The van der Waals surface area contributed by atoms with E-state index in [1.807, 2.05) is 23.1 Å². The zero-order chi connectivity index (χ0) is 16.2. The quantitative estimate of drug-likeness (QED) is 0.909. The number of nitrogens with one attached hydrogen (secondary N) is 1. The Kier molecular flexibility index (Phi) is 4.71. The third kappa shape index (κ3) is 3.76. The molecule has 1 saturated heterocycles. The van der Waals surface area contributed by atoms with Gasteiger partial charge in [0.1, 0.15) is 5.75 Å². The van der Waals surface area contributed by atoms with Crippen molar-refractivity contribution < 1.29 is 9.90 Å². The summed E-state index contributed by atoms with van der Waals surface area (Å²) in [4.78, 5) is 18.6. The van der Waals surface area contributed by atoms with Gasteiger partial charge in [-0.25, -0.2) is 4.79 Å². The van der Waals surface area contributed by atoms with Gasteiger partial charge in [-0.2, -0.15) is 0 Å².